The van der Waals surface area contributed by atoms with E-state index in [9.17, 15) is 4.79 Å². The van der Waals surface area contributed by atoms with E-state index in [1.54, 1.807) is 18.2 Å². The van der Waals surface area contributed by atoms with Crippen LogP contribution in [0, 0.1) is 6.92 Å². The van der Waals surface area contributed by atoms with Crippen LogP contribution in [-0.4, -0.2) is 34.9 Å². The van der Waals surface area contributed by atoms with Crippen molar-refractivity contribution in [1.82, 2.24) is 14.9 Å². The number of aromatic nitrogens is 2. The summed E-state index contributed by atoms with van der Waals surface area (Å²) in [6, 6.07) is 13.5. The molecule has 3 aromatic rings. The van der Waals surface area contributed by atoms with Crippen LogP contribution < -0.4 is 14.8 Å². The van der Waals surface area contributed by atoms with Crippen molar-refractivity contribution >= 4 is 5.91 Å². The molecule has 1 amide bonds. The number of carbonyl (C=O) groups excluding carboxylic acids is 1. The van der Waals surface area contributed by atoms with Crippen LogP contribution in [0.25, 0.3) is 11.3 Å². The fourth-order valence-electron chi connectivity index (χ4n) is 3.53. The van der Waals surface area contributed by atoms with Crippen LogP contribution in [0.2, 0.25) is 0 Å². The summed E-state index contributed by atoms with van der Waals surface area (Å²) >= 11 is 0. The zero-order valence-electron chi connectivity index (χ0n) is 16.1. The monoisotopic (exact) mass is 391 g/mol. The Bertz CT molecular complexity index is 1060. The fraction of sp³-hybridized carbons (Fsp3) is 0.273. The predicted octanol–water partition coefficient (Wildman–Crippen LogP) is 2.92. The molecule has 5 rings (SSSR count). The summed E-state index contributed by atoms with van der Waals surface area (Å²) in [6.07, 6.45) is 1.94. The first kappa shape index (κ1) is 17.8. The Morgan fingerprint density at radius 2 is 2.00 bits per heavy atom. The minimum atomic E-state index is -0.163. The average Bonchev–Trinajstić information content (AvgIpc) is 3.38. The van der Waals surface area contributed by atoms with Gasteiger partial charge in [0, 0.05) is 23.9 Å². The van der Waals surface area contributed by atoms with Gasteiger partial charge in [-0.15, -0.1) is 0 Å². The molecule has 0 saturated heterocycles. The second kappa shape index (κ2) is 7.25. The molecule has 0 bridgehead atoms. The molecular weight excluding hydrogens is 370 g/mol. The van der Waals surface area contributed by atoms with Crippen molar-refractivity contribution in [3.63, 3.8) is 0 Å². The SMILES string of the molecule is Cc1ccc(-c2cn3c(n2)CO[C@@H](CNC(=O)c2ccc4c(c2)OCO4)C3)cc1. The first-order chi connectivity index (χ1) is 14.2. The minimum Gasteiger partial charge on any atom is -0.454 e. The maximum atomic E-state index is 12.5. The molecule has 1 atom stereocenters. The number of hydrogen-bond donors (Lipinski definition) is 1. The highest BCUT2D eigenvalue weighted by atomic mass is 16.7. The molecule has 2 aliphatic rings. The lowest BCUT2D eigenvalue weighted by molar-refractivity contribution is 0.00327. The van der Waals surface area contributed by atoms with Crippen molar-refractivity contribution in [3.8, 4) is 22.8 Å². The molecule has 0 spiro atoms. The number of imidazole rings is 1. The Morgan fingerprint density at radius 3 is 2.86 bits per heavy atom. The highest BCUT2D eigenvalue weighted by Crippen LogP contribution is 2.32. The molecule has 0 aliphatic carbocycles. The number of amides is 1. The highest BCUT2D eigenvalue weighted by Gasteiger charge is 2.23. The molecule has 1 aromatic heterocycles. The molecule has 7 nitrogen and oxygen atoms in total. The number of carbonyl (C=O) groups is 1. The largest absolute Gasteiger partial charge is 0.454 e. The quantitative estimate of drug-likeness (QED) is 0.740. The number of rotatable bonds is 4. The van der Waals surface area contributed by atoms with Crippen molar-refractivity contribution < 1.29 is 19.0 Å². The van der Waals surface area contributed by atoms with Crippen LogP contribution in [0.4, 0.5) is 0 Å². The lowest BCUT2D eigenvalue weighted by Crippen LogP contribution is -2.38. The van der Waals surface area contributed by atoms with Gasteiger partial charge in [0.25, 0.3) is 5.91 Å². The second-order valence-corrected chi connectivity index (χ2v) is 7.27. The molecule has 0 saturated carbocycles. The molecular formula is C22H21N3O4. The number of fused-ring (bicyclic) bond motifs is 2. The van der Waals surface area contributed by atoms with Crippen molar-refractivity contribution in [1.29, 1.82) is 0 Å². The number of aryl methyl sites for hydroxylation is 1. The van der Waals surface area contributed by atoms with E-state index in [0.717, 1.165) is 17.1 Å². The van der Waals surface area contributed by atoms with E-state index in [4.69, 9.17) is 14.2 Å². The Kier molecular flexibility index (Phi) is 4.44. The summed E-state index contributed by atoms with van der Waals surface area (Å²) < 4.78 is 18.6. The molecule has 148 valence electrons. The molecule has 0 unspecified atom stereocenters. The number of nitrogens with one attached hydrogen (secondary N) is 1. The van der Waals surface area contributed by atoms with Gasteiger partial charge in [0.2, 0.25) is 6.79 Å². The highest BCUT2D eigenvalue weighted by molar-refractivity contribution is 5.94. The summed E-state index contributed by atoms with van der Waals surface area (Å²) in [6.45, 7) is 3.75. The molecule has 2 aliphatic heterocycles. The predicted molar refractivity (Wildman–Crippen MR) is 106 cm³/mol. The molecule has 0 radical (unpaired) electrons. The minimum absolute atomic E-state index is 0.111. The van der Waals surface area contributed by atoms with E-state index in [1.807, 2.05) is 0 Å². The summed E-state index contributed by atoms with van der Waals surface area (Å²) in [5.41, 5.74) is 3.79. The standard InChI is InChI=1S/C22H21N3O4/c1-14-2-4-15(5-3-14)18-11-25-10-17(27-12-21(25)24-18)9-23-22(26)16-6-7-19-20(8-16)29-13-28-19/h2-8,11,17H,9-10,12-13H2,1H3,(H,23,26)/t17-/m0/s1. The van der Waals surface area contributed by atoms with Gasteiger partial charge in [0.1, 0.15) is 12.4 Å². The maximum Gasteiger partial charge on any atom is 0.251 e. The van der Waals surface area contributed by atoms with Crippen LogP contribution >= 0.6 is 0 Å². The smallest absolute Gasteiger partial charge is 0.251 e. The number of hydrogen-bond acceptors (Lipinski definition) is 5. The summed E-state index contributed by atoms with van der Waals surface area (Å²) in [5.74, 6) is 2.00. The molecule has 0 fully saturated rings. The lowest BCUT2D eigenvalue weighted by Gasteiger charge is -2.24. The van der Waals surface area contributed by atoms with E-state index in [1.165, 1.54) is 5.56 Å². The van der Waals surface area contributed by atoms with Gasteiger partial charge in [-0.05, 0) is 25.1 Å². The van der Waals surface area contributed by atoms with E-state index < -0.39 is 0 Å². The molecule has 1 N–H and O–H groups in total. The van der Waals surface area contributed by atoms with Gasteiger partial charge in [-0.1, -0.05) is 29.8 Å². The van der Waals surface area contributed by atoms with Gasteiger partial charge in [-0.3, -0.25) is 4.79 Å². The van der Waals surface area contributed by atoms with Crippen molar-refractivity contribution in [3.05, 3.63) is 65.6 Å². The average molecular weight is 391 g/mol. The molecule has 3 heterocycles. The third-order valence-electron chi connectivity index (χ3n) is 5.18. The molecule has 2 aromatic carbocycles. The van der Waals surface area contributed by atoms with Crippen LogP contribution in [0.1, 0.15) is 21.7 Å². The Morgan fingerprint density at radius 1 is 1.17 bits per heavy atom. The number of nitrogens with zero attached hydrogens (tertiary/aromatic N) is 2. The third-order valence-corrected chi connectivity index (χ3v) is 5.18. The first-order valence-electron chi connectivity index (χ1n) is 9.58. The topological polar surface area (TPSA) is 74.6 Å². The zero-order valence-corrected chi connectivity index (χ0v) is 16.1. The van der Waals surface area contributed by atoms with E-state index in [2.05, 4.69) is 52.3 Å². The first-order valence-corrected chi connectivity index (χ1v) is 9.58. The van der Waals surface area contributed by atoms with Gasteiger partial charge < -0.3 is 24.1 Å². The van der Waals surface area contributed by atoms with Crippen molar-refractivity contribution in [2.45, 2.75) is 26.2 Å². The van der Waals surface area contributed by atoms with E-state index >= 15 is 0 Å². The summed E-state index contributed by atoms with van der Waals surface area (Å²) in [7, 11) is 0. The molecule has 29 heavy (non-hydrogen) atoms. The van der Waals surface area contributed by atoms with E-state index in [0.29, 0.717) is 36.8 Å². The third kappa shape index (κ3) is 3.56. The van der Waals surface area contributed by atoms with Gasteiger partial charge in [0.05, 0.1) is 18.3 Å². The van der Waals surface area contributed by atoms with Gasteiger partial charge in [-0.25, -0.2) is 4.98 Å². The molecule has 7 heteroatoms. The normalized spacial score (nSPS) is 17.1. The fourth-order valence-corrected chi connectivity index (χ4v) is 3.53. The lowest BCUT2D eigenvalue weighted by atomic mass is 10.1. The Hall–Kier alpha value is -3.32. The van der Waals surface area contributed by atoms with Crippen LogP contribution in [0.3, 0.4) is 0 Å². The van der Waals surface area contributed by atoms with Crippen LogP contribution in [-0.2, 0) is 17.9 Å². The summed E-state index contributed by atoms with van der Waals surface area (Å²) in [5, 5.41) is 2.94. The number of ether oxygens (including phenoxy) is 3. The Labute approximate surface area is 168 Å². The maximum absolute atomic E-state index is 12.5. The van der Waals surface area contributed by atoms with Crippen LogP contribution in [0.15, 0.2) is 48.7 Å². The zero-order chi connectivity index (χ0) is 19.8. The van der Waals surface area contributed by atoms with Gasteiger partial charge in [-0.2, -0.15) is 0 Å². The summed E-state index contributed by atoms with van der Waals surface area (Å²) in [4.78, 5) is 17.2. The van der Waals surface area contributed by atoms with Crippen molar-refractivity contribution in [2.75, 3.05) is 13.3 Å². The second-order valence-electron chi connectivity index (χ2n) is 7.27. The van der Waals surface area contributed by atoms with Gasteiger partial charge in [0.15, 0.2) is 11.5 Å². The van der Waals surface area contributed by atoms with Crippen LogP contribution in [0.5, 0.6) is 11.5 Å². The van der Waals surface area contributed by atoms with Crippen molar-refractivity contribution in [2.24, 2.45) is 0 Å². The van der Waals surface area contributed by atoms with Gasteiger partial charge >= 0.3 is 0 Å². The Balaban J connectivity index is 1.22. The number of benzene rings is 2. The van der Waals surface area contributed by atoms with E-state index in [-0.39, 0.29) is 18.8 Å².